The Balaban J connectivity index is 1.28. The van der Waals surface area contributed by atoms with Crippen LogP contribution in [0.5, 0.6) is 11.9 Å². The van der Waals surface area contributed by atoms with Gasteiger partial charge in [-0.1, -0.05) is 12.1 Å². The van der Waals surface area contributed by atoms with Crippen LogP contribution in [0, 0.1) is 5.92 Å². The first-order chi connectivity index (χ1) is 17.5. The van der Waals surface area contributed by atoms with Gasteiger partial charge in [0.2, 0.25) is 5.88 Å². The first kappa shape index (κ1) is 24.0. The van der Waals surface area contributed by atoms with Crippen molar-refractivity contribution in [3.8, 4) is 11.9 Å². The Kier molecular flexibility index (Phi) is 6.99. The molecule has 1 fully saturated rings. The molecule has 3 heterocycles. The fraction of sp³-hybridized carbons (Fsp3) is 0.400. The minimum absolute atomic E-state index is 0.00551. The van der Waals surface area contributed by atoms with E-state index in [1.54, 1.807) is 16.6 Å². The number of nitrogens with zero attached hydrogens (tertiary/aromatic N) is 4. The number of rotatable bonds is 7. The van der Waals surface area contributed by atoms with Gasteiger partial charge in [0.05, 0.1) is 16.9 Å². The van der Waals surface area contributed by atoms with Crippen LogP contribution in [0.2, 0.25) is 0 Å². The molecule has 2 aromatic heterocycles. The second kappa shape index (κ2) is 10.5. The Hall–Kier alpha value is -3.73. The number of ether oxygens (including phenoxy) is 2. The van der Waals surface area contributed by atoms with Gasteiger partial charge in [0, 0.05) is 18.3 Å². The molecule has 0 unspecified atom stereocenters. The summed E-state index contributed by atoms with van der Waals surface area (Å²) in [4.78, 5) is 39.4. The van der Waals surface area contributed by atoms with Gasteiger partial charge in [0.15, 0.2) is 0 Å². The SMILES string of the molecule is Nc1nc(OCc2cncs2)nc2c1C(=O)N(c1ccc(C3CCC(CC(=O)O)CC3)cc1)CCO2. The van der Waals surface area contributed by atoms with Gasteiger partial charge < -0.3 is 25.2 Å². The first-order valence-electron chi connectivity index (χ1n) is 11.9. The number of fused-ring (bicyclic) bond motifs is 1. The van der Waals surface area contributed by atoms with Gasteiger partial charge in [-0.15, -0.1) is 11.3 Å². The van der Waals surface area contributed by atoms with E-state index in [1.165, 1.54) is 16.9 Å². The largest absolute Gasteiger partial charge is 0.481 e. The van der Waals surface area contributed by atoms with Crippen LogP contribution in [-0.2, 0) is 11.4 Å². The van der Waals surface area contributed by atoms with Gasteiger partial charge >= 0.3 is 12.0 Å². The summed E-state index contributed by atoms with van der Waals surface area (Å²) < 4.78 is 11.4. The lowest BCUT2D eigenvalue weighted by atomic mass is 9.77. The molecule has 2 aliphatic rings. The van der Waals surface area contributed by atoms with Crippen molar-refractivity contribution in [1.82, 2.24) is 15.0 Å². The fourth-order valence-corrected chi connectivity index (χ4v) is 5.35. The van der Waals surface area contributed by atoms with Crippen LogP contribution < -0.4 is 20.1 Å². The molecule has 36 heavy (non-hydrogen) atoms. The third-order valence-electron chi connectivity index (χ3n) is 6.71. The number of nitrogen functional groups attached to an aromatic ring is 1. The molecule has 1 amide bonds. The summed E-state index contributed by atoms with van der Waals surface area (Å²) in [7, 11) is 0. The number of carbonyl (C=O) groups is 2. The van der Waals surface area contributed by atoms with Crippen LogP contribution in [-0.4, -0.2) is 45.1 Å². The third kappa shape index (κ3) is 5.25. The van der Waals surface area contributed by atoms with E-state index in [2.05, 4.69) is 15.0 Å². The van der Waals surface area contributed by atoms with E-state index < -0.39 is 5.97 Å². The summed E-state index contributed by atoms with van der Waals surface area (Å²) in [6.07, 6.45) is 5.74. The second-order valence-electron chi connectivity index (χ2n) is 9.04. The van der Waals surface area contributed by atoms with Crippen LogP contribution in [0.3, 0.4) is 0 Å². The number of hydrogen-bond donors (Lipinski definition) is 2. The number of anilines is 2. The van der Waals surface area contributed by atoms with E-state index in [-0.39, 0.29) is 54.7 Å². The molecule has 1 saturated carbocycles. The number of aromatic nitrogens is 3. The number of carboxylic acid groups (broad SMARTS) is 1. The van der Waals surface area contributed by atoms with Crippen LogP contribution in [0.15, 0.2) is 36.0 Å². The van der Waals surface area contributed by atoms with Gasteiger partial charge in [0.25, 0.3) is 5.91 Å². The van der Waals surface area contributed by atoms with Crippen LogP contribution >= 0.6 is 11.3 Å². The lowest BCUT2D eigenvalue weighted by molar-refractivity contribution is -0.138. The molecule has 1 aromatic carbocycles. The zero-order chi connectivity index (χ0) is 25.1. The smallest absolute Gasteiger partial charge is 0.322 e. The number of thiazole rings is 1. The Morgan fingerprint density at radius 3 is 2.67 bits per heavy atom. The number of nitrogens with two attached hydrogens (primary N) is 1. The van der Waals surface area contributed by atoms with Crippen LogP contribution in [0.4, 0.5) is 11.5 Å². The van der Waals surface area contributed by atoms with E-state index in [1.807, 2.05) is 24.3 Å². The Morgan fingerprint density at radius 2 is 1.97 bits per heavy atom. The van der Waals surface area contributed by atoms with Crippen molar-refractivity contribution in [2.75, 3.05) is 23.8 Å². The van der Waals surface area contributed by atoms with Gasteiger partial charge in [-0.05, 0) is 55.2 Å². The predicted molar refractivity (Wildman–Crippen MR) is 133 cm³/mol. The normalized spacial score (nSPS) is 19.8. The molecule has 0 atom stereocenters. The van der Waals surface area contributed by atoms with Gasteiger partial charge in [-0.25, -0.2) is 0 Å². The lowest BCUT2D eigenvalue weighted by Crippen LogP contribution is -2.32. The van der Waals surface area contributed by atoms with Gasteiger partial charge in [0.1, 0.15) is 24.6 Å². The fourth-order valence-electron chi connectivity index (χ4n) is 4.85. The average Bonchev–Trinajstić information content (AvgIpc) is 3.33. The van der Waals surface area contributed by atoms with Gasteiger partial charge in [-0.3, -0.25) is 14.6 Å². The van der Waals surface area contributed by atoms with Crippen LogP contribution in [0.25, 0.3) is 0 Å². The molecule has 188 valence electrons. The summed E-state index contributed by atoms with van der Waals surface area (Å²) >= 11 is 1.45. The molecule has 1 aliphatic heterocycles. The van der Waals surface area contributed by atoms with Crippen molar-refractivity contribution in [1.29, 1.82) is 0 Å². The van der Waals surface area contributed by atoms with Crippen molar-refractivity contribution in [2.45, 2.75) is 44.6 Å². The Bertz CT molecular complexity index is 1230. The maximum Gasteiger partial charge on any atom is 0.322 e. The predicted octanol–water partition coefficient (Wildman–Crippen LogP) is 3.88. The third-order valence-corrected chi connectivity index (χ3v) is 7.46. The van der Waals surface area contributed by atoms with E-state index in [0.29, 0.717) is 12.5 Å². The molecule has 11 heteroatoms. The van der Waals surface area contributed by atoms with Crippen molar-refractivity contribution in [3.63, 3.8) is 0 Å². The van der Waals surface area contributed by atoms with Crippen molar-refractivity contribution in [2.24, 2.45) is 5.92 Å². The molecular formula is C25H27N5O5S. The molecule has 1 aliphatic carbocycles. The van der Waals surface area contributed by atoms with E-state index in [4.69, 9.17) is 20.3 Å². The molecular weight excluding hydrogens is 482 g/mol. The highest BCUT2D eigenvalue weighted by molar-refractivity contribution is 7.09. The number of aliphatic carboxylic acids is 1. The number of amides is 1. The molecule has 10 nitrogen and oxygen atoms in total. The molecule has 3 aromatic rings. The first-order valence-corrected chi connectivity index (χ1v) is 12.8. The highest BCUT2D eigenvalue weighted by Gasteiger charge is 2.30. The quantitative estimate of drug-likeness (QED) is 0.485. The molecule has 3 N–H and O–H groups in total. The van der Waals surface area contributed by atoms with Gasteiger partial charge in [-0.2, -0.15) is 9.97 Å². The molecule has 0 spiro atoms. The van der Waals surface area contributed by atoms with Crippen molar-refractivity contribution < 1.29 is 24.2 Å². The number of benzene rings is 1. The summed E-state index contributed by atoms with van der Waals surface area (Å²) in [5.74, 6) is -0.258. The monoisotopic (exact) mass is 509 g/mol. The summed E-state index contributed by atoms with van der Waals surface area (Å²) in [6.45, 7) is 0.834. The number of carboxylic acids is 1. The zero-order valence-electron chi connectivity index (χ0n) is 19.6. The summed E-state index contributed by atoms with van der Waals surface area (Å²) in [5, 5.41) is 9.03. The lowest BCUT2D eigenvalue weighted by Gasteiger charge is -2.28. The standard InChI is InChI=1S/C25H27N5O5S/c26-22-21-23(29-25(28-22)35-13-19-12-27-14-36-19)34-10-9-30(24(21)33)18-7-5-17(6-8-18)16-3-1-15(2-4-16)11-20(31)32/h5-8,12,14-16H,1-4,9-11,13H2,(H,31,32)(H2,26,28,29). The highest BCUT2D eigenvalue weighted by atomic mass is 32.1. The van der Waals surface area contributed by atoms with E-state index >= 15 is 0 Å². The van der Waals surface area contributed by atoms with Crippen LogP contribution in [0.1, 0.15) is 58.8 Å². The van der Waals surface area contributed by atoms with Crippen molar-refractivity contribution in [3.05, 3.63) is 52.0 Å². The van der Waals surface area contributed by atoms with Crippen molar-refractivity contribution >= 4 is 34.7 Å². The minimum atomic E-state index is -0.721. The number of hydrogen-bond acceptors (Lipinski definition) is 9. The highest BCUT2D eigenvalue weighted by Crippen LogP contribution is 2.38. The molecule has 0 bridgehead atoms. The minimum Gasteiger partial charge on any atom is -0.481 e. The summed E-state index contributed by atoms with van der Waals surface area (Å²) in [5.41, 5.74) is 9.93. The topological polar surface area (TPSA) is 141 Å². The maximum absolute atomic E-state index is 13.4. The summed E-state index contributed by atoms with van der Waals surface area (Å²) in [6, 6.07) is 8.01. The Labute approximate surface area is 212 Å². The second-order valence-corrected chi connectivity index (χ2v) is 10.0. The average molecular weight is 510 g/mol. The van der Waals surface area contributed by atoms with E-state index in [9.17, 15) is 9.59 Å². The molecule has 5 rings (SSSR count). The number of carbonyl (C=O) groups excluding carboxylic acids is 1. The zero-order valence-corrected chi connectivity index (χ0v) is 20.4. The maximum atomic E-state index is 13.4. The molecule has 0 saturated heterocycles. The van der Waals surface area contributed by atoms with E-state index in [0.717, 1.165) is 36.2 Å². The Morgan fingerprint density at radius 1 is 1.19 bits per heavy atom. The molecule has 0 radical (unpaired) electrons.